The molecule has 0 atom stereocenters. The lowest BCUT2D eigenvalue weighted by molar-refractivity contribution is 0.0343. The maximum absolute atomic E-state index is 13.4. The number of rotatable bonds is 6. The summed E-state index contributed by atoms with van der Waals surface area (Å²) in [7, 11) is 1.78. The van der Waals surface area contributed by atoms with Crippen LogP contribution in [0.2, 0.25) is 0 Å². The number of para-hydroxylation sites is 1. The second-order valence-corrected chi connectivity index (χ2v) is 10.3. The van der Waals surface area contributed by atoms with Gasteiger partial charge in [0.1, 0.15) is 0 Å². The third-order valence-electron chi connectivity index (χ3n) is 7.07. The summed E-state index contributed by atoms with van der Waals surface area (Å²) in [6.45, 7) is 7.39. The van der Waals surface area contributed by atoms with E-state index in [4.69, 9.17) is 4.74 Å². The molecule has 2 aliphatic rings. The summed E-state index contributed by atoms with van der Waals surface area (Å²) < 4.78 is 8.73. The number of thiazole rings is 1. The van der Waals surface area contributed by atoms with E-state index in [9.17, 15) is 9.59 Å². The van der Waals surface area contributed by atoms with E-state index in [-0.39, 0.29) is 16.6 Å². The molecule has 1 amide bonds. The topological polar surface area (TPSA) is 110 Å². The number of anilines is 2. The van der Waals surface area contributed by atoms with E-state index in [1.54, 1.807) is 34.0 Å². The molecule has 0 unspecified atom stereocenters. The Bertz CT molecular complexity index is 1510. The predicted molar refractivity (Wildman–Crippen MR) is 148 cm³/mol. The number of amides is 1. The molecule has 6 rings (SSSR count). The van der Waals surface area contributed by atoms with Crippen LogP contribution in [0.5, 0.6) is 0 Å². The number of aromatic nitrogens is 4. The third-order valence-corrected chi connectivity index (χ3v) is 7.90. The Morgan fingerprint density at radius 2 is 1.97 bits per heavy atom. The summed E-state index contributed by atoms with van der Waals surface area (Å²) in [5.41, 5.74) is 4.11. The lowest BCUT2D eigenvalue weighted by atomic mass is 10.1. The first kappa shape index (κ1) is 24.7. The largest absolute Gasteiger partial charge is 0.379 e. The van der Waals surface area contributed by atoms with Crippen molar-refractivity contribution >= 4 is 39.7 Å². The van der Waals surface area contributed by atoms with Gasteiger partial charge >= 0.3 is 5.69 Å². The summed E-state index contributed by atoms with van der Waals surface area (Å²) in [5, 5.41) is 8.35. The molecular weight excluding hydrogens is 504 g/mol. The van der Waals surface area contributed by atoms with Crippen molar-refractivity contribution in [3.63, 3.8) is 0 Å². The Kier molecular flexibility index (Phi) is 6.94. The first-order valence-electron chi connectivity index (χ1n) is 12.8. The van der Waals surface area contributed by atoms with Crippen LogP contribution in [0.25, 0.3) is 16.9 Å². The van der Waals surface area contributed by atoms with Gasteiger partial charge in [-0.1, -0.05) is 12.1 Å². The fraction of sp³-hybridized carbons (Fsp3) is 0.385. The molecule has 0 bridgehead atoms. The summed E-state index contributed by atoms with van der Waals surface area (Å²) in [5.74, 6) is 0.111. The van der Waals surface area contributed by atoms with Gasteiger partial charge in [-0.2, -0.15) is 0 Å². The summed E-state index contributed by atoms with van der Waals surface area (Å²) in [6, 6.07) is 7.87. The van der Waals surface area contributed by atoms with E-state index >= 15 is 0 Å². The summed E-state index contributed by atoms with van der Waals surface area (Å²) in [6.07, 6.45) is 3.39. The second kappa shape index (κ2) is 10.7. The number of hydrogen-bond donors (Lipinski definition) is 2. The first-order chi connectivity index (χ1) is 18.6. The van der Waals surface area contributed by atoms with Gasteiger partial charge < -0.3 is 20.3 Å². The lowest BCUT2D eigenvalue weighted by Crippen LogP contribution is -2.43. The van der Waals surface area contributed by atoms with Crippen LogP contribution in [0, 0.1) is 0 Å². The van der Waals surface area contributed by atoms with Crippen LogP contribution in [0.15, 0.2) is 46.8 Å². The highest BCUT2D eigenvalue weighted by atomic mass is 32.1. The van der Waals surface area contributed by atoms with Crippen LogP contribution in [-0.2, 0) is 18.3 Å². The molecule has 2 saturated heterocycles. The summed E-state index contributed by atoms with van der Waals surface area (Å²) in [4.78, 5) is 39.9. The highest BCUT2D eigenvalue weighted by Gasteiger charge is 2.22. The Labute approximate surface area is 223 Å². The molecule has 0 saturated carbocycles. The number of ether oxygens (including phenoxy) is 1. The van der Waals surface area contributed by atoms with Crippen LogP contribution in [0.4, 0.5) is 11.4 Å². The first-order valence-corrected chi connectivity index (χ1v) is 13.6. The Morgan fingerprint density at radius 3 is 2.79 bits per heavy atom. The minimum absolute atomic E-state index is 0.195. The van der Waals surface area contributed by atoms with Crippen LogP contribution in [-0.4, -0.2) is 82.4 Å². The van der Waals surface area contributed by atoms with Gasteiger partial charge in [0.15, 0.2) is 10.8 Å². The van der Waals surface area contributed by atoms with Gasteiger partial charge in [-0.25, -0.2) is 14.3 Å². The van der Waals surface area contributed by atoms with E-state index in [0.717, 1.165) is 81.3 Å². The molecular formula is C26H30N8O3S. The Morgan fingerprint density at radius 1 is 1.16 bits per heavy atom. The molecule has 2 aliphatic heterocycles. The minimum Gasteiger partial charge on any atom is -0.379 e. The monoisotopic (exact) mass is 534 g/mol. The van der Waals surface area contributed by atoms with Crippen molar-refractivity contribution in [2.75, 3.05) is 62.7 Å². The zero-order valence-corrected chi connectivity index (χ0v) is 22.0. The molecule has 2 fully saturated rings. The molecule has 0 radical (unpaired) electrons. The zero-order chi connectivity index (χ0) is 26.1. The van der Waals surface area contributed by atoms with Crippen LogP contribution in [0.1, 0.15) is 15.4 Å². The highest BCUT2D eigenvalue weighted by molar-refractivity contribution is 7.12. The Balaban J connectivity index is 1.28. The van der Waals surface area contributed by atoms with E-state index in [1.165, 1.54) is 11.3 Å². The molecule has 1 aromatic carbocycles. The molecule has 198 valence electrons. The molecule has 11 nitrogen and oxygen atoms in total. The van der Waals surface area contributed by atoms with Crippen molar-refractivity contribution in [3.05, 3.63) is 63.1 Å². The number of carbonyl (C=O) groups excluding carboxylic acids is 1. The average molecular weight is 535 g/mol. The van der Waals surface area contributed by atoms with Gasteiger partial charge in [-0.15, -0.1) is 11.3 Å². The molecule has 3 aromatic heterocycles. The number of nitrogens with one attached hydrogen (secondary N) is 2. The van der Waals surface area contributed by atoms with E-state index in [0.29, 0.717) is 11.5 Å². The molecule has 12 heteroatoms. The van der Waals surface area contributed by atoms with E-state index < -0.39 is 0 Å². The standard InChI is InChI=1S/C26H30N8O3S/c1-31-23-18(16-32-11-13-37-14-12-32)3-2-4-21(23)34(26(31)36)22-17-38-25(30-22)24(35)29-19-15-28-6-5-20(19)33-9-7-27-8-10-33/h2-6,15,17,27H,7-14,16H2,1H3,(H,29,35). The quantitative estimate of drug-likeness (QED) is 0.385. The van der Waals surface area contributed by atoms with Crippen molar-refractivity contribution < 1.29 is 9.53 Å². The van der Waals surface area contributed by atoms with Crippen molar-refractivity contribution in [1.29, 1.82) is 0 Å². The number of pyridine rings is 1. The number of benzene rings is 1. The lowest BCUT2D eigenvalue weighted by Gasteiger charge is -2.30. The third kappa shape index (κ3) is 4.71. The molecule has 0 aliphatic carbocycles. The fourth-order valence-corrected chi connectivity index (χ4v) is 5.84. The van der Waals surface area contributed by atoms with Gasteiger partial charge in [0.05, 0.1) is 41.8 Å². The molecule has 0 spiro atoms. The van der Waals surface area contributed by atoms with Crippen molar-refractivity contribution in [3.8, 4) is 5.82 Å². The zero-order valence-electron chi connectivity index (χ0n) is 21.2. The van der Waals surface area contributed by atoms with Gasteiger partial charge in [0.2, 0.25) is 0 Å². The summed E-state index contributed by atoms with van der Waals surface area (Å²) >= 11 is 1.21. The number of fused-ring (bicyclic) bond motifs is 1. The van der Waals surface area contributed by atoms with Crippen molar-refractivity contribution in [2.24, 2.45) is 7.05 Å². The Hall–Kier alpha value is -3.58. The number of nitrogens with zero attached hydrogens (tertiary/aromatic N) is 6. The fourth-order valence-electron chi connectivity index (χ4n) is 5.16. The molecule has 38 heavy (non-hydrogen) atoms. The number of aryl methyl sites for hydroxylation is 1. The maximum Gasteiger partial charge on any atom is 0.334 e. The van der Waals surface area contributed by atoms with Crippen LogP contribution < -0.4 is 21.2 Å². The normalized spacial score (nSPS) is 16.7. The van der Waals surface area contributed by atoms with Gasteiger partial charge in [-0.05, 0) is 17.7 Å². The smallest absolute Gasteiger partial charge is 0.334 e. The molecule has 5 heterocycles. The predicted octanol–water partition coefficient (Wildman–Crippen LogP) is 1.67. The van der Waals surface area contributed by atoms with Crippen LogP contribution >= 0.6 is 11.3 Å². The number of piperazine rings is 1. The number of carbonyl (C=O) groups is 1. The number of hydrogen-bond acceptors (Lipinski definition) is 9. The van der Waals surface area contributed by atoms with Crippen LogP contribution in [0.3, 0.4) is 0 Å². The van der Waals surface area contributed by atoms with Gasteiger partial charge in [-0.3, -0.25) is 19.2 Å². The van der Waals surface area contributed by atoms with Crippen molar-refractivity contribution in [1.82, 2.24) is 29.3 Å². The van der Waals surface area contributed by atoms with E-state index in [2.05, 4.69) is 36.5 Å². The van der Waals surface area contributed by atoms with Crippen molar-refractivity contribution in [2.45, 2.75) is 6.54 Å². The van der Waals surface area contributed by atoms with Gasteiger partial charge in [0, 0.05) is 64.4 Å². The minimum atomic E-state index is -0.327. The molecule has 2 N–H and O–H groups in total. The SMILES string of the molecule is Cn1c(=O)n(-c2csc(C(=O)Nc3cnccc3N3CCNCC3)n2)c2cccc(CN3CCOCC3)c21. The second-order valence-electron chi connectivity index (χ2n) is 9.45. The van der Waals surface area contributed by atoms with Gasteiger partial charge in [0.25, 0.3) is 5.91 Å². The van der Waals surface area contributed by atoms with E-state index in [1.807, 2.05) is 18.2 Å². The maximum atomic E-state index is 13.4. The number of morpholine rings is 1. The highest BCUT2D eigenvalue weighted by Crippen LogP contribution is 2.27. The molecule has 4 aromatic rings. The average Bonchev–Trinajstić information content (AvgIpc) is 3.53. The number of imidazole rings is 1.